The normalized spacial score (nSPS) is 17.8. The fraction of sp³-hybridized carbons (Fsp3) is 0.457. The molecular weight excluding hydrogens is 554 g/mol. The van der Waals surface area contributed by atoms with Crippen LogP contribution in [0.2, 0.25) is 18.1 Å². The number of hydroxylamine groups is 4. The van der Waals surface area contributed by atoms with Gasteiger partial charge in [-0.3, -0.25) is 0 Å². The molecule has 2 unspecified atom stereocenters. The van der Waals surface area contributed by atoms with Crippen LogP contribution < -0.4 is 5.19 Å². The first-order valence-electron chi connectivity index (χ1n) is 14.8. The maximum Gasteiger partial charge on any atom is 0.234 e. The van der Waals surface area contributed by atoms with Crippen LogP contribution >= 0.6 is 0 Å². The van der Waals surface area contributed by atoms with Crippen molar-refractivity contribution in [3.8, 4) is 11.1 Å². The van der Waals surface area contributed by atoms with Gasteiger partial charge in [0.05, 0.1) is 14.6 Å². The molecule has 0 fully saturated rings. The maximum atomic E-state index is 13.9. The highest BCUT2D eigenvalue weighted by molar-refractivity contribution is 6.93. The summed E-state index contributed by atoms with van der Waals surface area (Å²) >= 11 is 0. The van der Waals surface area contributed by atoms with Gasteiger partial charge in [-0.05, 0) is 68.5 Å². The van der Waals surface area contributed by atoms with Gasteiger partial charge in [0.2, 0.25) is 5.70 Å². The third-order valence-electron chi connectivity index (χ3n) is 8.88. The Morgan fingerprint density at radius 3 is 1.93 bits per heavy atom. The summed E-state index contributed by atoms with van der Waals surface area (Å²) in [5, 5.41) is 28.0. The molecule has 43 heavy (non-hydrogen) atoms. The van der Waals surface area contributed by atoms with Crippen molar-refractivity contribution in [1.82, 2.24) is 10.1 Å². The second-order valence-corrected chi connectivity index (χ2v) is 20.2. The molecule has 3 aliphatic rings. The van der Waals surface area contributed by atoms with E-state index in [1.165, 1.54) is 0 Å². The molecule has 2 aliphatic carbocycles. The Morgan fingerprint density at radius 1 is 0.930 bits per heavy atom. The van der Waals surface area contributed by atoms with E-state index in [9.17, 15) is 10.5 Å². The highest BCUT2D eigenvalue weighted by atomic mass is 28.3. The van der Waals surface area contributed by atoms with Crippen LogP contribution in [0, 0.1) is 6.57 Å². The van der Waals surface area contributed by atoms with Gasteiger partial charge >= 0.3 is 0 Å². The number of hydrogen-bond donors (Lipinski definition) is 1. The van der Waals surface area contributed by atoms with Crippen molar-refractivity contribution in [1.29, 1.82) is 0 Å². The Labute approximate surface area is 258 Å². The first-order chi connectivity index (χ1) is 19.9. The summed E-state index contributed by atoms with van der Waals surface area (Å²) in [7, 11) is -2.53. The Balaban J connectivity index is 2.24. The van der Waals surface area contributed by atoms with E-state index in [1.54, 1.807) is 0 Å². The predicted molar refractivity (Wildman–Crippen MR) is 174 cm³/mol. The minimum Gasteiger partial charge on any atom is -0.417 e. The lowest BCUT2D eigenvalue weighted by atomic mass is 9.96. The average Bonchev–Trinajstić information content (AvgIpc) is 3.34. The molecule has 1 aromatic rings. The number of rotatable bonds is 6. The average molecular weight is 601 g/mol. The maximum absolute atomic E-state index is 13.9. The van der Waals surface area contributed by atoms with Gasteiger partial charge in [0.1, 0.15) is 6.04 Å². The lowest BCUT2D eigenvalue weighted by molar-refractivity contribution is -0.397. The van der Waals surface area contributed by atoms with E-state index in [0.29, 0.717) is 17.0 Å². The largest absolute Gasteiger partial charge is 0.417 e. The van der Waals surface area contributed by atoms with E-state index in [4.69, 9.17) is 16.3 Å². The molecule has 1 aromatic carbocycles. The van der Waals surface area contributed by atoms with Crippen LogP contribution in [0.25, 0.3) is 21.7 Å². The van der Waals surface area contributed by atoms with Gasteiger partial charge in [-0.1, -0.05) is 94.5 Å². The zero-order valence-corrected chi connectivity index (χ0v) is 28.4. The highest BCUT2D eigenvalue weighted by Gasteiger charge is 2.52. The van der Waals surface area contributed by atoms with E-state index in [-0.39, 0.29) is 5.04 Å². The van der Waals surface area contributed by atoms with Gasteiger partial charge in [-0.25, -0.2) is 15.0 Å². The molecule has 1 heterocycles. The lowest BCUT2D eigenvalue weighted by Crippen LogP contribution is -2.54. The van der Waals surface area contributed by atoms with Crippen molar-refractivity contribution in [2.45, 2.75) is 104 Å². The second-order valence-electron chi connectivity index (χ2n) is 15.0. The summed E-state index contributed by atoms with van der Waals surface area (Å²) in [5.41, 5.74) is 3.28. The summed E-state index contributed by atoms with van der Waals surface area (Å²) in [6.45, 7) is 31.4. The van der Waals surface area contributed by atoms with E-state index in [1.807, 2.05) is 86.5 Å². The summed E-state index contributed by atoms with van der Waals surface area (Å²) in [4.78, 5) is 16.0. The van der Waals surface area contributed by atoms with Gasteiger partial charge in [-0.15, -0.1) is 15.3 Å². The fourth-order valence-electron chi connectivity index (χ4n) is 5.70. The predicted octanol–water partition coefficient (Wildman–Crippen LogP) is 8.82. The van der Waals surface area contributed by atoms with Crippen LogP contribution in [0.3, 0.4) is 0 Å². The molecule has 0 saturated heterocycles. The second kappa shape index (κ2) is 11.5. The fourth-order valence-corrected chi connectivity index (χ4v) is 8.32. The van der Waals surface area contributed by atoms with Gasteiger partial charge in [0.15, 0.2) is 12.0 Å². The number of benzene rings is 1. The minimum atomic E-state index is -2.53. The Hall–Kier alpha value is -3.03. The van der Waals surface area contributed by atoms with Gasteiger partial charge in [-0.2, -0.15) is 0 Å². The van der Waals surface area contributed by atoms with Crippen molar-refractivity contribution in [2.75, 3.05) is 0 Å². The van der Waals surface area contributed by atoms with Crippen molar-refractivity contribution in [3.63, 3.8) is 0 Å². The molecule has 8 heteroatoms. The van der Waals surface area contributed by atoms with E-state index < -0.39 is 31.4 Å². The van der Waals surface area contributed by atoms with Crippen LogP contribution in [0.1, 0.15) is 91.3 Å². The van der Waals surface area contributed by atoms with E-state index in [2.05, 4.69) is 59.5 Å². The highest BCUT2D eigenvalue weighted by Crippen LogP contribution is 2.53. The summed E-state index contributed by atoms with van der Waals surface area (Å²) in [5.74, 6) is 0.531. The quantitative estimate of drug-likeness (QED) is 0.101. The van der Waals surface area contributed by atoms with Crippen molar-refractivity contribution in [2.24, 2.45) is 0 Å². The van der Waals surface area contributed by atoms with E-state index >= 15 is 0 Å². The van der Waals surface area contributed by atoms with Crippen LogP contribution in [0.4, 0.5) is 0 Å². The Bertz CT molecular complexity index is 1510. The third kappa shape index (κ3) is 5.78. The Morgan fingerprint density at radius 2 is 1.47 bits per heavy atom. The molecule has 229 valence electrons. The molecule has 0 amide bonds. The zero-order valence-electron chi connectivity index (χ0n) is 27.4. The zero-order chi connectivity index (χ0) is 32.1. The third-order valence-corrected chi connectivity index (χ3v) is 14.4. The topological polar surface area (TPSA) is 69.4 Å². The SMILES string of the molecule is [C-]#[N+]C1=C(c2ccccc2)ON(C(C)(C)C)C1c1c2cccccc-2c(C(OO)N([O])C(C)(C)C)c1[Si](C)(C)C(C)(C)C. The molecule has 2 atom stereocenters. The molecule has 0 aromatic heterocycles. The number of nitrogens with zero attached hydrogens (tertiary/aromatic N) is 3. The molecule has 7 nitrogen and oxygen atoms in total. The van der Waals surface area contributed by atoms with Crippen molar-refractivity contribution >= 4 is 19.0 Å². The Kier molecular flexibility index (Phi) is 8.77. The van der Waals surface area contributed by atoms with E-state index in [0.717, 1.165) is 32.5 Å². The molecule has 4 rings (SSSR count). The van der Waals surface area contributed by atoms with Crippen LogP contribution in [-0.2, 0) is 14.9 Å². The van der Waals surface area contributed by atoms with Gasteiger partial charge < -0.3 is 4.84 Å². The molecule has 0 saturated carbocycles. The van der Waals surface area contributed by atoms with Crippen LogP contribution in [-0.4, -0.2) is 34.5 Å². The van der Waals surface area contributed by atoms with Crippen LogP contribution in [0.15, 0.2) is 66.4 Å². The molecule has 1 aliphatic heterocycles. The van der Waals surface area contributed by atoms with Crippen molar-refractivity contribution < 1.29 is 20.2 Å². The lowest BCUT2D eigenvalue weighted by Gasteiger charge is -2.42. The smallest absolute Gasteiger partial charge is 0.234 e. The first kappa shape index (κ1) is 32.9. The summed E-state index contributed by atoms with van der Waals surface area (Å²) < 4.78 is 0. The number of fused-ring (bicyclic) bond motifs is 1. The summed E-state index contributed by atoms with van der Waals surface area (Å²) in [6.07, 6.45) is -1.28. The van der Waals surface area contributed by atoms with Crippen LogP contribution in [0.5, 0.6) is 0 Å². The molecule has 1 N–H and O–H groups in total. The molecule has 1 radical (unpaired) electrons. The molecular formula is C35H46N3O4Si. The minimum absolute atomic E-state index is 0.158. The first-order valence-corrected chi connectivity index (χ1v) is 17.8. The van der Waals surface area contributed by atoms with Gasteiger partial charge in [0.25, 0.3) is 0 Å². The number of hydrogen-bond acceptors (Lipinski definition) is 5. The summed E-state index contributed by atoms with van der Waals surface area (Å²) in [6, 6.07) is 19.1. The van der Waals surface area contributed by atoms with Crippen molar-refractivity contribution in [3.05, 3.63) is 94.5 Å². The monoisotopic (exact) mass is 600 g/mol. The standard InChI is InChI=1S/C35H46N3O4Si/c1-33(2,3)37(39)32(42-40)27-25-22-18-14-17-21-24(25)26(31(27)43(11,12)35(7,8)9)29-28(36-10)30(23-19-15-13-16-20-23)41-38(29)34(4,5)6/h13-22,29,32,40H,1-9,11-12H3. The molecule has 0 spiro atoms. The molecule has 0 bridgehead atoms. The van der Waals surface area contributed by atoms with Gasteiger partial charge in [0, 0.05) is 22.2 Å².